The molecule has 1 amide bonds. The van der Waals surface area contributed by atoms with Gasteiger partial charge in [0, 0.05) is 18.8 Å². The molecule has 0 aromatic carbocycles. The molecule has 0 aliphatic carbocycles. The highest BCUT2D eigenvalue weighted by Crippen LogP contribution is 2.25. The summed E-state index contributed by atoms with van der Waals surface area (Å²) in [7, 11) is 1.14. The topological polar surface area (TPSA) is 103 Å². The highest BCUT2D eigenvalue weighted by Gasteiger charge is 2.24. The van der Waals surface area contributed by atoms with Crippen LogP contribution in [0.4, 0.5) is 23.2 Å². The van der Waals surface area contributed by atoms with Crippen molar-refractivity contribution in [1.82, 2.24) is 24.4 Å². The molecule has 13 heteroatoms. The predicted octanol–water partition coefficient (Wildman–Crippen LogP) is 2.86. The van der Waals surface area contributed by atoms with Crippen molar-refractivity contribution in [2.75, 3.05) is 12.4 Å². The van der Waals surface area contributed by atoms with Crippen LogP contribution in [0.2, 0.25) is 0 Å². The number of nitrogens with one attached hydrogen (secondary N) is 1. The number of rotatable bonds is 6. The number of amides is 1. The molecule has 0 spiro atoms. The summed E-state index contributed by atoms with van der Waals surface area (Å²) in [6, 6.07) is 1.51. The second-order valence-electron chi connectivity index (χ2n) is 5.70. The molecule has 0 bridgehead atoms. The molecular weight excluding hydrogens is 400 g/mol. The molecule has 3 aromatic heterocycles. The van der Waals surface area contributed by atoms with Crippen LogP contribution in [0.3, 0.4) is 0 Å². The van der Waals surface area contributed by atoms with Crippen LogP contribution in [-0.2, 0) is 11.3 Å². The Kier molecular flexibility index (Phi) is 5.48. The maximum Gasteiger partial charge on any atom is 0.360 e. The second kappa shape index (κ2) is 7.85. The first-order chi connectivity index (χ1) is 13.7. The van der Waals surface area contributed by atoms with Crippen molar-refractivity contribution in [2.24, 2.45) is 0 Å². The molecule has 29 heavy (non-hydrogen) atoms. The fraction of sp³-hybridized carbons (Fsp3) is 0.312. The van der Waals surface area contributed by atoms with Crippen LogP contribution in [0.15, 0.2) is 18.3 Å². The van der Waals surface area contributed by atoms with Gasteiger partial charge in [0.15, 0.2) is 17.0 Å². The van der Waals surface area contributed by atoms with E-state index >= 15 is 0 Å². The van der Waals surface area contributed by atoms with Gasteiger partial charge >= 0.3 is 5.97 Å². The Hall–Kier alpha value is -3.51. The molecule has 9 nitrogen and oxygen atoms in total. The number of fused-ring (bicyclic) bond motifs is 1. The van der Waals surface area contributed by atoms with Crippen LogP contribution in [0, 0.1) is 0 Å². The fourth-order valence-electron chi connectivity index (χ4n) is 2.50. The van der Waals surface area contributed by atoms with Gasteiger partial charge in [-0.3, -0.25) is 9.48 Å². The molecule has 0 saturated heterocycles. The van der Waals surface area contributed by atoms with Crippen molar-refractivity contribution in [3.05, 3.63) is 41.1 Å². The van der Waals surface area contributed by atoms with Crippen molar-refractivity contribution in [3.8, 4) is 0 Å². The number of carbonyl (C=O) groups excluding carboxylic acids is 2. The normalized spacial score (nSPS) is 11.4. The van der Waals surface area contributed by atoms with E-state index < -0.39 is 36.1 Å². The largest absolute Gasteiger partial charge is 0.464 e. The number of ether oxygens (including phenoxy) is 1. The van der Waals surface area contributed by atoms with E-state index in [0.29, 0.717) is 17.1 Å². The number of halogens is 4. The van der Waals surface area contributed by atoms with Crippen LogP contribution in [-0.4, -0.2) is 43.4 Å². The summed E-state index contributed by atoms with van der Waals surface area (Å²) in [5.41, 5.74) is -2.57. The van der Waals surface area contributed by atoms with Crippen molar-refractivity contribution in [1.29, 1.82) is 0 Å². The van der Waals surface area contributed by atoms with Crippen LogP contribution in [0.1, 0.15) is 52.1 Å². The minimum absolute atomic E-state index is 0.0102. The van der Waals surface area contributed by atoms with E-state index in [-0.39, 0.29) is 22.7 Å². The number of hydrogen-bond donors (Lipinski definition) is 1. The maximum absolute atomic E-state index is 13.2. The van der Waals surface area contributed by atoms with Gasteiger partial charge in [0.2, 0.25) is 0 Å². The van der Waals surface area contributed by atoms with Crippen molar-refractivity contribution in [2.45, 2.75) is 26.3 Å². The Bertz CT molecular complexity index is 1080. The molecule has 154 valence electrons. The fourth-order valence-corrected chi connectivity index (χ4v) is 2.50. The Labute approximate surface area is 160 Å². The molecule has 0 radical (unpaired) electrons. The number of aryl methyl sites for hydroxylation is 1. The van der Waals surface area contributed by atoms with Gasteiger partial charge in [-0.1, -0.05) is 0 Å². The summed E-state index contributed by atoms with van der Waals surface area (Å²) in [6.45, 7) is 2.15. The lowest BCUT2D eigenvalue weighted by Crippen LogP contribution is -2.15. The highest BCUT2D eigenvalue weighted by molar-refractivity contribution is 6.06. The molecule has 0 aliphatic rings. The van der Waals surface area contributed by atoms with Gasteiger partial charge in [-0.25, -0.2) is 31.9 Å². The van der Waals surface area contributed by atoms with Crippen molar-refractivity contribution < 1.29 is 31.9 Å². The summed E-state index contributed by atoms with van der Waals surface area (Å²) in [5, 5.41) is 10.1. The molecule has 3 aromatic rings. The quantitative estimate of drug-likeness (QED) is 0.492. The minimum atomic E-state index is -3.12. The minimum Gasteiger partial charge on any atom is -0.464 e. The summed E-state index contributed by atoms with van der Waals surface area (Å²) in [6.07, 6.45) is -4.83. The zero-order valence-corrected chi connectivity index (χ0v) is 15.1. The highest BCUT2D eigenvalue weighted by atomic mass is 19.3. The average molecular weight is 414 g/mol. The first-order valence-electron chi connectivity index (χ1n) is 8.19. The van der Waals surface area contributed by atoms with Crippen molar-refractivity contribution in [3.63, 3.8) is 0 Å². The third-order valence-electron chi connectivity index (χ3n) is 3.87. The van der Waals surface area contributed by atoms with E-state index in [9.17, 15) is 27.2 Å². The first kappa shape index (κ1) is 20.2. The molecule has 0 aliphatic heterocycles. The maximum atomic E-state index is 13.2. The van der Waals surface area contributed by atoms with Crippen LogP contribution < -0.4 is 5.32 Å². The average Bonchev–Trinajstić information content (AvgIpc) is 3.30. The van der Waals surface area contributed by atoms with Gasteiger partial charge in [-0.2, -0.15) is 10.2 Å². The standard InChI is InChI=1S/C16H14F4N6O3/c1-3-25-6-9(12(24-25)16(28)29-2)22-15(27)8-5-11-21-7(13(17)18)4-10(14(19)20)26(11)23-8/h4-6,13-14H,3H2,1-2H3,(H,22,27). The Morgan fingerprint density at radius 2 is 1.90 bits per heavy atom. The van der Waals surface area contributed by atoms with E-state index in [1.807, 2.05) is 0 Å². The van der Waals surface area contributed by atoms with E-state index in [2.05, 4.69) is 25.2 Å². The number of nitrogens with zero attached hydrogens (tertiary/aromatic N) is 5. The molecule has 3 rings (SSSR count). The third kappa shape index (κ3) is 3.88. The second-order valence-corrected chi connectivity index (χ2v) is 5.70. The SMILES string of the molecule is CCn1cc(NC(=O)c2cc3nc(C(F)F)cc(C(F)F)n3n2)c(C(=O)OC)n1. The first-order valence-corrected chi connectivity index (χ1v) is 8.19. The van der Waals surface area contributed by atoms with Crippen LogP contribution >= 0.6 is 0 Å². The zero-order valence-electron chi connectivity index (χ0n) is 15.1. The number of methoxy groups -OCH3 is 1. The summed E-state index contributed by atoms with van der Waals surface area (Å²) in [4.78, 5) is 27.9. The summed E-state index contributed by atoms with van der Waals surface area (Å²) >= 11 is 0. The molecule has 0 saturated carbocycles. The number of aromatic nitrogens is 5. The van der Waals surface area contributed by atoms with Gasteiger partial charge in [-0.15, -0.1) is 0 Å². The molecular formula is C16H14F4N6O3. The number of anilines is 1. The lowest BCUT2D eigenvalue weighted by Gasteiger charge is -2.06. The van der Waals surface area contributed by atoms with E-state index in [4.69, 9.17) is 0 Å². The number of esters is 1. The number of alkyl halides is 4. The summed E-state index contributed by atoms with van der Waals surface area (Å²) < 4.78 is 58.9. The molecule has 0 fully saturated rings. The molecule has 0 unspecified atom stereocenters. The Morgan fingerprint density at radius 1 is 1.17 bits per heavy atom. The van der Waals surface area contributed by atoms with Gasteiger partial charge in [0.25, 0.3) is 18.8 Å². The molecule has 3 heterocycles. The molecule has 1 N–H and O–H groups in total. The Balaban J connectivity index is 1.99. The number of hydrogen-bond acceptors (Lipinski definition) is 6. The third-order valence-corrected chi connectivity index (χ3v) is 3.87. The van der Waals surface area contributed by atoms with Gasteiger partial charge in [-0.05, 0) is 13.0 Å². The summed E-state index contributed by atoms with van der Waals surface area (Å²) in [5.74, 6) is -1.68. The predicted molar refractivity (Wildman–Crippen MR) is 90.1 cm³/mol. The number of carbonyl (C=O) groups is 2. The monoisotopic (exact) mass is 414 g/mol. The van der Waals surface area contributed by atoms with E-state index in [1.165, 1.54) is 10.9 Å². The smallest absolute Gasteiger partial charge is 0.360 e. The van der Waals surface area contributed by atoms with Crippen LogP contribution in [0.25, 0.3) is 5.65 Å². The lowest BCUT2D eigenvalue weighted by molar-refractivity contribution is 0.0594. The van der Waals surface area contributed by atoms with Gasteiger partial charge in [0.1, 0.15) is 11.4 Å². The van der Waals surface area contributed by atoms with E-state index in [0.717, 1.165) is 13.2 Å². The van der Waals surface area contributed by atoms with Crippen LogP contribution in [0.5, 0.6) is 0 Å². The van der Waals surface area contributed by atoms with Crippen molar-refractivity contribution >= 4 is 23.2 Å². The van der Waals surface area contributed by atoms with Gasteiger partial charge in [0.05, 0.1) is 12.8 Å². The molecule has 0 atom stereocenters. The lowest BCUT2D eigenvalue weighted by atomic mass is 10.3. The zero-order chi connectivity index (χ0) is 21.3. The van der Waals surface area contributed by atoms with E-state index in [1.54, 1.807) is 6.92 Å². The van der Waals surface area contributed by atoms with Gasteiger partial charge < -0.3 is 10.1 Å². The Morgan fingerprint density at radius 3 is 2.48 bits per heavy atom.